The first-order valence-electron chi connectivity index (χ1n) is 12.7. The molecular weight excluding hydrogens is 460 g/mol. The van der Waals surface area contributed by atoms with Gasteiger partial charge in [0.05, 0.1) is 26.7 Å². The summed E-state index contributed by atoms with van der Waals surface area (Å²) in [5.74, 6) is 0.762. The predicted octanol–water partition coefficient (Wildman–Crippen LogP) is 6.11. The summed E-state index contributed by atoms with van der Waals surface area (Å²) in [7, 11) is -0.391. The molecule has 0 radical (unpaired) electrons. The third kappa shape index (κ3) is 4.79. The van der Waals surface area contributed by atoms with Gasteiger partial charge in [0.25, 0.3) is 8.32 Å². The number of carbonyl (C=O) groups excluding carboxylic acids is 1. The second-order valence-corrected chi connectivity index (χ2v) is 17.1. The van der Waals surface area contributed by atoms with Crippen LogP contribution in [-0.2, 0) is 25.4 Å². The van der Waals surface area contributed by atoms with Crippen molar-refractivity contribution in [3.05, 3.63) is 34.4 Å². The smallest absolute Gasteiger partial charge is 0.307 e. The number of esters is 1. The Morgan fingerprint density at radius 3 is 2.34 bits per heavy atom. The van der Waals surface area contributed by atoms with Crippen LogP contribution in [0.2, 0.25) is 18.1 Å². The average Bonchev–Trinajstić information content (AvgIpc) is 3.14. The molecule has 194 valence electrons. The number of cyclic esters (lactones) is 1. The summed E-state index contributed by atoms with van der Waals surface area (Å²) >= 11 is 0. The van der Waals surface area contributed by atoms with Gasteiger partial charge in [0, 0.05) is 30.2 Å². The molecular formula is C28H42O6Si. The lowest BCUT2D eigenvalue weighted by atomic mass is 9.63. The molecule has 2 aliphatic heterocycles. The fourth-order valence-electron chi connectivity index (χ4n) is 5.83. The molecule has 0 N–H and O–H groups in total. The Hall–Kier alpha value is -1.83. The number of fused-ring (bicyclic) bond motifs is 1. The molecule has 0 aromatic heterocycles. The molecule has 2 saturated heterocycles. The highest BCUT2D eigenvalue weighted by Crippen LogP contribution is 2.54. The SMILES string of the molecule is COc1c(C[C@@H]2OC(=O)C[C@]3(C)CC4(CC(C)=C23)OCCO4)ccc(C)c1O[Si](C)(C)C(C)(C)C. The van der Waals surface area contributed by atoms with Crippen LogP contribution in [0.5, 0.6) is 11.5 Å². The van der Waals surface area contributed by atoms with Crippen molar-refractivity contribution in [2.75, 3.05) is 20.3 Å². The lowest BCUT2D eigenvalue weighted by Gasteiger charge is -2.49. The number of carbonyl (C=O) groups is 1. The Morgan fingerprint density at radius 2 is 1.74 bits per heavy atom. The highest BCUT2D eigenvalue weighted by molar-refractivity contribution is 6.74. The van der Waals surface area contributed by atoms with Gasteiger partial charge in [0.1, 0.15) is 11.9 Å². The van der Waals surface area contributed by atoms with Crippen LogP contribution >= 0.6 is 0 Å². The number of aryl methyl sites for hydroxylation is 1. The third-order valence-corrected chi connectivity index (χ3v) is 12.7. The standard InChI is InChI=1S/C28H42O6Si/c1-18-10-11-20(25(30-7)24(18)34-35(8,9)26(3,4)5)14-21-23-19(2)15-28(31-12-13-32-28)17-27(23,6)16-22(29)33-21/h10-11,21H,12-17H2,1-9H3/t21-,27+/m0/s1. The first kappa shape index (κ1) is 26.2. The molecule has 7 heteroatoms. The minimum absolute atomic E-state index is 0.0610. The van der Waals surface area contributed by atoms with Crippen molar-refractivity contribution >= 4 is 14.3 Å². The van der Waals surface area contributed by atoms with Crippen molar-refractivity contribution in [2.24, 2.45) is 5.41 Å². The Kier molecular flexibility index (Phi) is 6.69. The molecule has 1 aromatic rings. The molecule has 1 spiro atoms. The first-order valence-corrected chi connectivity index (χ1v) is 15.6. The maximum absolute atomic E-state index is 12.8. The molecule has 4 rings (SSSR count). The van der Waals surface area contributed by atoms with Gasteiger partial charge in [-0.05, 0) is 43.1 Å². The highest BCUT2D eigenvalue weighted by Gasteiger charge is 2.54. The number of ether oxygens (including phenoxy) is 4. The molecule has 0 amide bonds. The van der Waals surface area contributed by atoms with E-state index >= 15 is 0 Å². The van der Waals surface area contributed by atoms with E-state index in [1.165, 1.54) is 11.1 Å². The van der Waals surface area contributed by atoms with Crippen molar-refractivity contribution in [3.8, 4) is 11.5 Å². The minimum atomic E-state index is -2.08. The zero-order chi connectivity index (χ0) is 25.8. The van der Waals surface area contributed by atoms with Gasteiger partial charge in [0.15, 0.2) is 11.5 Å². The Bertz CT molecular complexity index is 1030. The molecule has 0 saturated carbocycles. The van der Waals surface area contributed by atoms with Crippen LogP contribution in [0.4, 0.5) is 0 Å². The molecule has 35 heavy (non-hydrogen) atoms. The molecule has 1 aliphatic carbocycles. The summed E-state index contributed by atoms with van der Waals surface area (Å²) < 4.78 is 30.8. The molecule has 3 aliphatic rings. The van der Waals surface area contributed by atoms with Crippen LogP contribution in [0.3, 0.4) is 0 Å². The van der Waals surface area contributed by atoms with Crippen LogP contribution in [-0.4, -0.2) is 46.5 Å². The van der Waals surface area contributed by atoms with Gasteiger partial charge in [-0.2, -0.15) is 0 Å². The molecule has 1 aromatic carbocycles. The van der Waals surface area contributed by atoms with E-state index in [1.54, 1.807) is 7.11 Å². The lowest BCUT2D eigenvalue weighted by Crippen LogP contribution is -2.50. The number of hydrogen-bond donors (Lipinski definition) is 0. The molecule has 0 bridgehead atoms. The summed E-state index contributed by atoms with van der Waals surface area (Å²) in [6.45, 7) is 18.7. The van der Waals surface area contributed by atoms with Gasteiger partial charge in [-0.1, -0.05) is 45.4 Å². The van der Waals surface area contributed by atoms with Crippen LogP contribution in [0.1, 0.15) is 65.0 Å². The number of rotatable bonds is 5. The fourth-order valence-corrected chi connectivity index (χ4v) is 6.90. The van der Waals surface area contributed by atoms with Crippen LogP contribution in [0.25, 0.3) is 0 Å². The van der Waals surface area contributed by atoms with Crippen molar-refractivity contribution in [3.63, 3.8) is 0 Å². The van der Waals surface area contributed by atoms with Gasteiger partial charge in [-0.25, -0.2) is 0 Å². The van der Waals surface area contributed by atoms with Crippen molar-refractivity contribution in [1.82, 2.24) is 0 Å². The van der Waals surface area contributed by atoms with E-state index in [-0.39, 0.29) is 22.5 Å². The van der Waals surface area contributed by atoms with E-state index in [0.717, 1.165) is 22.6 Å². The van der Waals surface area contributed by atoms with Gasteiger partial charge in [-0.3, -0.25) is 4.79 Å². The summed E-state index contributed by atoms with van der Waals surface area (Å²) in [5, 5.41) is 0.0610. The average molecular weight is 503 g/mol. The zero-order valence-electron chi connectivity index (χ0n) is 22.9. The van der Waals surface area contributed by atoms with Crippen molar-refractivity contribution in [1.29, 1.82) is 0 Å². The maximum atomic E-state index is 12.8. The summed E-state index contributed by atoms with van der Waals surface area (Å²) in [4.78, 5) is 12.8. The molecule has 0 unspecified atom stereocenters. The van der Waals surface area contributed by atoms with Gasteiger partial charge in [-0.15, -0.1) is 0 Å². The lowest BCUT2D eigenvalue weighted by molar-refractivity contribution is -0.192. The third-order valence-electron chi connectivity index (χ3n) is 8.41. The number of hydrogen-bond acceptors (Lipinski definition) is 6. The van der Waals surface area contributed by atoms with E-state index in [9.17, 15) is 4.79 Å². The quantitative estimate of drug-likeness (QED) is 0.275. The van der Waals surface area contributed by atoms with Gasteiger partial charge < -0.3 is 23.4 Å². The van der Waals surface area contributed by atoms with Crippen molar-refractivity contribution in [2.45, 2.75) is 97.2 Å². The monoisotopic (exact) mass is 502 g/mol. The molecule has 6 nitrogen and oxygen atoms in total. The molecule has 2 fully saturated rings. The maximum Gasteiger partial charge on any atom is 0.307 e. The summed E-state index contributed by atoms with van der Waals surface area (Å²) in [5.41, 5.74) is 4.08. The highest BCUT2D eigenvalue weighted by atomic mass is 28.4. The summed E-state index contributed by atoms with van der Waals surface area (Å²) in [6.07, 6.45) is 1.91. The first-order chi connectivity index (χ1) is 16.2. The van der Waals surface area contributed by atoms with E-state index in [0.29, 0.717) is 38.9 Å². The van der Waals surface area contributed by atoms with Crippen molar-refractivity contribution < 1.29 is 28.2 Å². The number of benzene rings is 1. The second-order valence-electron chi connectivity index (χ2n) is 12.3. The van der Waals surface area contributed by atoms with Gasteiger partial charge >= 0.3 is 5.97 Å². The van der Waals surface area contributed by atoms with Crippen LogP contribution in [0.15, 0.2) is 23.3 Å². The largest absolute Gasteiger partial charge is 0.541 e. The van der Waals surface area contributed by atoms with Gasteiger partial charge in [0.2, 0.25) is 0 Å². The Morgan fingerprint density at radius 1 is 1.09 bits per heavy atom. The fraction of sp³-hybridized carbons (Fsp3) is 0.679. The molecule has 2 heterocycles. The van der Waals surface area contributed by atoms with Crippen LogP contribution < -0.4 is 9.16 Å². The Balaban J connectivity index is 1.71. The Labute approximate surface area is 211 Å². The molecule has 2 atom stereocenters. The van der Waals surface area contributed by atoms with E-state index in [2.05, 4.69) is 66.8 Å². The predicted molar refractivity (Wildman–Crippen MR) is 138 cm³/mol. The number of methoxy groups -OCH3 is 1. The van der Waals surface area contributed by atoms with E-state index < -0.39 is 14.1 Å². The minimum Gasteiger partial charge on any atom is -0.541 e. The van der Waals surface area contributed by atoms with E-state index in [4.69, 9.17) is 23.4 Å². The topological polar surface area (TPSA) is 63.2 Å². The van der Waals surface area contributed by atoms with Crippen LogP contribution in [0, 0.1) is 12.3 Å². The summed E-state index contributed by atoms with van der Waals surface area (Å²) in [6, 6.07) is 4.16. The van der Waals surface area contributed by atoms with E-state index in [1.807, 2.05) is 0 Å². The zero-order valence-corrected chi connectivity index (χ0v) is 23.9. The normalized spacial score (nSPS) is 26.5. The second kappa shape index (κ2) is 8.93.